The summed E-state index contributed by atoms with van der Waals surface area (Å²) >= 11 is 0. The predicted molar refractivity (Wildman–Crippen MR) is 62.9 cm³/mol. The second kappa shape index (κ2) is 5.75. The third-order valence-corrected chi connectivity index (χ3v) is 3.22. The Kier molecular flexibility index (Phi) is 4.36. The molecule has 1 saturated heterocycles. The summed E-state index contributed by atoms with van der Waals surface area (Å²) in [6.45, 7) is 1.67. The van der Waals surface area contributed by atoms with Crippen LogP contribution in [0.1, 0.15) is 17.5 Å². The Morgan fingerprint density at radius 1 is 0.952 bits per heavy atom. The van der Waals surface area contributed by atoms with Gasteiger partial charge in [-0.2, -0.15) is 26.3 Å². The smallest absolute Gasteiger partial charge is 0.416 e. The van der Waals surface area contributed by atoms with Gasteiger partial charge in [0.15, 0.2) is 0 Å². The van der Waals surface area contributed by atoms with E-state index in [1.54, 1.807) is 0 Å². The zero-order valence-electron chi connectivity index (χ0n) is 10.8. The van der Waals surface area contributed by atoms with Gasteiger partial charge in [0.05, 0.1) is 17.7 Å². The second-order valence-corrected chi connectivity index (χ2v) is 4.90. The van der Waals surface area contributed by atoms with Crippen LogP contribution in [0.4, 0.5) is 26.3 Å². The zero-order valence-corrected chi connectivity index (χ0v) is 10.8. The lowest BCUT2D eigenvalue weighted by atomic mass is 10.0. The Bertz CT molecular complexity index is 460. The summed E-state index contributed by atoms with van der Waals surface area (Å²) in [6.07, 6.45) is -9.11. The SMILES string of the molecule is FC(F)(F)c1cc(OCCC2CNC2)cc(C(F)(F)F)c1. The average molecular weight is 313 g/mol. The van der Waals surface area contributed by atoms with Gasteiger partial charge < -0.3 is 10.1 Å². The highest BCUT2D eigenvalue weighted by atomic mass is 19.4. The van der Waals surface area contributed by atoms with Crippen molar-refractivity contribution in [2.24, 2.45) is 5.92 Å². The highest BCUT2D eigenvalue weighted by Gasteiger charge is 2.37. The number of benzene rings is 1. The Hall–Kier alpha value is -1.44. The van der Waals surface area contributed by atoms with E-state index in [0.717, 1.165) is 13.1 Å². The normalized spacial score (nSPS) is 16.7. The van der Waals surface area contributed by atoms with E-state index in [4.69, 9.17) is 4.74 Å². The van der Waals surface area contributed by atoms with Crippen LogP contribution < -0.4 is 10.1 Å². The lowest BCUT2D eigenvalue weighted by Crippen LogP contribution is -2.42. The molecule has 1 aliphatic rings. The van der Waals surface area contributed by atoms with Crippen LogP contribution >= 0.6 is 0 Å². The van der Waals surface area contributed by atoms with Gasteiger partial charge in [0.25, 0.3) is 0 Å². The van der Waals surface area contributed by atoms with E-state index in [9.17, 15) is 26.3 Å². The van der Waals surface area contributed by atoms with Crippen molar-refractivity contribution in [3.05, 3.63) is 29.3 Å². The van der Waals surface area contributed by atoms with E-state index in [1.807, 2.05) is 0 Å². The number of hydrogen-bond donors (Lipinski definition) is 1. The van der Waals surface area contributed by atoms with Gasteiger partial charge in [-0.05, 0) is 43.6 Å². The van der Waals surface area contributed by atoms with Gasteiger partial charge in [0.1, 0.15) is 5.75 Å². The summed E-state index contributed by atoms with van der Waals surface area (Å²) in [6, 6.07) is 1.27. The van der Waals surface area contributed by atoms with Crippen LogP contribution in [0, 0.1) is 5.92 Å². The molecule has 0 spiro atoms. The Morgan fingerprint density at radius 3 is 1.86 bits per heavy atom. The van der Waals surface area contributed by atoms with Crippen LogP contribution in [0.25, 0.3) is 0 Å². The number of halogens is 6. The van der Waals surface area contributed by atoms with Crippen LogP contribution in [0.15, 0.2) is 18.2 Å². The predicted octanol–water partition coefficient (Wildman–Crippen LogP) is 3.71. The highest BCUT2D eigenvalue weighted by molar-refractivity contribution is 5.37. The molecule has 0 unspecified atom stereocenters. The average Bonchev–Trinajstić information content (AvgIpc) is 2.30. The van der Waals surface area contributed by atoms with E-state index in [1.165, 1.54) is 0 Å². The van der Waals surface area contributed by atoms with Gasteiger partial charge in [-0.3, -0.25) is 0 Å². The Morgan fingerprint density at radius 2 is 1.48 bits per heavy atom. The molecule has 2 nitrogen and oxygen atoms in total. The van der Waals surface area contributed by atoms with Gasteiger partial charge in [-0.25, -0.2) is 0 Å². The van der Waals surface area contributed by atoms with Crippen LogP contribution in [0.3, 0.4) is 0 Å². The van der Waals surface area contributed by atoms with Crippen molar-refractivity contribution >= 4 is 0 Å². The minimum Gasteiger partial charge on any atom is -0.494 e. The minimum absolute atomic E-state index is 0.0860. The van der Waals surface area contributed by atoms with Gasteiger partial charge in [-0.1, -0.05) is 0 Å². The molecule has 1 fully saturated rings. The van der Waals surface area contributed by atoms with Gasteiger partial charge in [0.2, 0.25) is 0 Å². The zero-order chi connectivity index (χ0) is 15.7. The lowest BCUT2D eigenvalue weighted by molar-refractivity contribution is -0.143. The van der Waals surface area contributed by atoms with E-state index in [0.29, 0.717) is 24.5 Å². The summed E-state index contributed by atoms with van der Waals surface area (Å²) in [5.74, 6) is -0.0534. The quantitative estimate of drug-likeness (QED) is 0.856. The van der Waals surface area contributed by atoms with Crippen molar-refractivity contribution in [1.29, 1.82) is 0 Å². The molecule has 1 aliphatic heterocycles. The molecule has 0 amide bonds. The molecule has 1 N–H and O–H groups in total. The monoisotopic (exact) mass is 313 g/mol. The van der Waals surface area contributed by atoms with E-state index < -0.39 is 29.2 Å². The molecule has 0 bridgehead atoms. The van der Waals surface area contributed by atoms with Gasteiger partial charge in [-0.15, -0.1) is 0 Å². The molecule has 118 valence electrons. The number of alkyl halides is 6. The third-order valence-electron chi connectivity index (χ3n) is 3.22. The van der Waals surface area contributed by atoms with Crippen molar-refractivity contribution in [3.8, 4) is 5.75 Å². The molecular weight excluding hydrogens is 300 g/mol. The number of hydrogen-bond acceptors (Lipinski definition) is 2. The van der Waals surface area contributed by atoms with Gasteiger partial charge in [0, 0.05) is 0 Å². The van der Waals surface area contributed by atoms with E-state index in [-0.39, 0.29) is 12.7 Å². The summed E-state index contributed by atoms with van der Waals surface area (Å²) in [5.41, 5.74) is -2.73. The van der Waals surface area contributed by atoms with Crippen molar-refractivity contribution in [2.75, 3.05) is 19.7 Å². The molecule has 1 heterocycles. The van der Waals surface area contributed by atoms with Gasteiger partial charge >= 0.3 is 12.4 Å². The molecule has 21 heavy (non-hydrogen) atoms. The maximum Gasteiger partial charge on any atom is 0.416 e. The van der Waals surface area contributed by atoms with Crippen molar-refractivity contribution in [1.82, 2.24) is 5.32 Å². The number of rotatable bonds is 4. The fourth-order valence-corrected chi connectivity index (χ4v) is 1.91. The molecule has 0 aromatic heterocycles. The van der Waals surface area contributed by atoms with Crippen LogP contribution in [0.2, 0.25) is 0 Å². The summed E-state index contributed by atoms with van der Waals surface area (Å²) < 4.78 is 80.8. The molecule has 8 heteroatoms. The summed E-state index contributed by atoms with van der Waals surface area (Å²) in [5, 5.41) is 3.01. The molecule has 2 rings (SSSR count). The maximum atomic E-state index is 12.6. The molecule has 0 aliphatic carbocycles. The fraction of sp³-hybridized carbons (Fsp3) is 0.538. The molecule has 0 saturated carbocycles. The Balaban J connectivity index is 2.14. The number of ether oxygens (including phenoxy) is 1. The molecular formula is C13H13F6NO. The van der Waals surface area contributed by atoms with Crippen molar-refractivity contribution < 1.29 is 31.1 Å². The maximum absolute atomic E-state index is 12.6. The second-order valence-electron chi connectivity index (χ2n) is 4.90. The lowest BCUT2D eigenvalue weighted by Gasteiger charge is -2.26. The first-order chi connectivity index (χ1) is 9.66. The minimum atomic E-state index is -4.85. The standard InChI is InChI=1S/C13H13F6NO/c14-12(15,16)9-3-10(13(17,18)19)5-11(4-9)21-2-1-8-6-20-7-8/h3-5,8,20H,1-2,6-7H2. The fourth-order valence-electron chi connectivity index (χ4n) is 1.91. The van der Waals surface area contributed by atoms with Crippen LogP contribution in [-0.4, -0.2) is 19.7 Å². The van der Waals surface area contributed by atoms with Crippen LogP contribution in [0.5, 0.6) is 5.75 Å². The van der Waals surface area contributed by atoms with Crippen LogP contribution in [-0.2, 0) is 12.4 Å². The van der Waals surface area contributed by atoms with Crippen molar-refractivity contribution in [2.45, 2.75) is 18.8 Å². The largest absolute Gasteiger partial charge is 0.494 e. The molecule has 0 radical (unpaired) electrons. The Labute approximate surface area is 117 Å². The topological polar surface area (TPSA) is 21.3 Å². The van der Waals surface area contributed by atoms with E-state index >= 15 is 0 Å². The molecule has 0 atom stereocenters. The number of nitrogens with one attached hydrogen (secondary N) is 1. The molecule has 1 aromatic rings. The first-order valence-corrected chi connectivity index (χ1v) is 6.29. The highest BCUT2D eigenvalue weighted by Crippen LogP contribution is 2.38. The molecule has 1 aromatic carbocycles. The first-order valence-electron chi connectivity index (χ1n) is 6.29. The first kappa shape index (κ1) is 15.9. The third kappa shape index (κ3) is 4.26. The van der Waals surface area contributed by atoms with E-state index in [2.05, 4.69) is 5.32 Å². The summed E-state index contributed by atoms with van der Waals surface area (Å²) in [4.78, 5) is 0. The summed E-state index contributed by atoms with van der Waals surface area (Å²) in [7, 11) is 0. The van der Waals surface area contributed by atoms with Crippen molar-refractivity contribution in [3.63, 3.8) is 0 Å².